The van der Waals surface area contributed by atoms with Gasteiger partial charge in [0.25, 0.3) is 5.91 Å². The molecule has 0 bridgehead atoms. The second kappa shape index (κ2) is 8.65. The van der Waals surface area contributed by atoms with E-state index in [1.54, 1.807) is 5.38 Å². The average Bonchev–Trinajstić information content (AvgIpc) is 2.87. The second-order valence-corrected chi connectivity index (χ2v) is 5.16. The highest BCUT2D eigenvalue weighted by molar-refractivity contribution is 7.09. The van der Waals surface area contributed by atoms with Crippen LogP contribution in [0.4, 0.5) is 0 Å². The minimum Gasteiger partial charge on any atom is -0.481 e. The number of hydrogen-bond acceptors (Lipinski definition) is 5. The molecule has 0 aliphatic heterocycles. The molecular formula is C13H20N2O4S. The monoisotopic (exact) mass is 300 g/mol. The fourth-order valence-electron chi connectivity index (χ4n) is 1.59. The van der Waals surface area contributed by atoms with Crippen LogP contribution in [0.1, 0.15) is 54.7 Å². The Kier molecular flexibility index (Phi) is 7.17. The predicted molar refractivity (Wildman–Crippen MR) is 76.0 cm³/mol. The van der Waals surface area contributed by atoms with E-state index in [1.807, 2.05) is 13.8 Å². The molecule has 0 aliphatic carbocycles. The van der Waals surface area contributed by atoms with Crippen LogP contribution in [0.25, 0.3) is 0 Å². The first-order valence-electron chi connectivity index (χ1n) is 6.61. The van der Waals surface area contributed by atoms with E-state index in [-0.39, 0.29) is 18.4 Å². The number of carboxylic acids is 1. The van der Waals surface area contributed by atoms with Gasteiger partial charge >= 0.3 is 5.97 Å². The summed E-state index contributed by atoms with van der Waals surface area (Å²) < 4.78 is 5.42. The number of carbonyl (C=O) groups is 2. The number of hydrogen-bond donors (Lipinski definition) is 2. The molecule has 1 rings (SSSR count). The number of carbonyl (C=O) groups excluding carboxylic acids is 1. The molecule has 0 radical (unpaired) electrons. The van der Waals surface area contributed by atoms with Gasteiger partial charge in [-0.3, -0.25) is 9.59 Å². The number of nitrogens with zero attached hydrogens (tertiary/aromatic N) is 1. The summed E-state index contributed by atoms with van der Waals surface area (Å²) in [5.41, 5.74) is 0.384. The predicted octanol–water partition coefficient (Wildman–Crippen LogP) is 2.23. The van der Waals surface area contributed by atoms with E-state index in [0.29, 0.717) is 31.7 Å². The molecule has 7 heteroatoms. The van der Waals surface area contributed by atoms with Crippen molar-refractivity contribution >= 4 is 23.2 Å². The van der Waals surface area contributed by atoms with Crippen molar-refractivity contribution in [2.45, 2.75) is 39.2 Å². The molecule has 6 nitrogen and oxygen atoms in total. The molecule has 0 saturated heterocycles. The highest BCUT2D eigenvalue weighted by atomic mass is 32.1. The Balaban J connectivity index is 2.34. The first-order valence-corrected chi connectivity index (χ1v) is 7.49. The molecule has 112 valence electrons. The molecule has 0 saturated carbocycles. The van der Waals surface area contributed by atoms with Crippen LogP contribution in [0.5, 0.6) is 0 Å². The Hall–Kier alpha value is -1.47. The van der Waals surface area contributed by atoms with Gasteiger partial charge in [-0.15, -0.1) is 11.3 Å². The highest BCUT2D eigenvalue weighted by Gasteiger charge is 2.14. The number of unbranched alkanes of at least 4 members (excludes halogenated alkanes) is 1. The van der Waals surface area contributed by atoms with Crippen LogP contribution in [0.3, 0.4) is 0 Å². The summed E-state index contributed by atoms with van der Waals surface area (Å²) in [5.74, 6) is -1.04. The summed E-state index contributed by atoms with van der Waals surface area (Å²) in [7, 11) is 0. The SMILES string of the molecule is CCO[C@H](C)c1nc(C(=O)NCCCCC(=O)O)cs1. The molecule has 0 spiro atoms. The molecule has 0 fully saturated rings. The molecule has 0 unspecified atom stereocenters. The van der Waals surface area contributed by atoms with Gasteiger partial charge in [-0.05, 0) is 26.7 Å². The number of amides is 1. The van der Waals surface area contributed by atoms with E-state index in [2.05, 4.69) is 10.3 Å². The number of carboxylic acid groups (broad SMARTS) is 1. The van der Waals surface area contributed by atoms with Crippen molar-refractivity contribution in [3.05, 3.63) is 16.1 Å². The van der Waals surface area contributed by atoms with Crippen molar-refractivity contribution in [1.82, 2.24) is 10.3 Å². The van der Waals surface area contributed by atoms with E-state index in [1.165, 1.54) is 11.3 Å². The van der Waals surface area contributed by atoms with Gasteiger partial charge in [0.2, 0.25) is 0 Å². The zero-order valence-corrected chi connectivity index (χ0v) is 12.5. The number of nitrogens with one attached hydrogen (secondary N) is 1. The standard InChI is InChI=1S/C13H20N2O4S/c1-3-19-9(2)13-15-10(8-20-13)12(18)14-7-5-4-6-11(16)17/h8-9H,3-7H2,1-2H3,(H,14,18)(H,16,17)/t9-/m1/s1. The topological polar surface area (TPSA) is 88.5 Å². The third kappa shape index (κ3) is 5.66. The first-order chi connectivity index (χ1) is 9.54. The van der Waals surface area contributed by atoms with Crippen molar-refractivity contribution in [3.8, 4) is 0 Å². The number of rotatable bonds is 9. The third-order valence-electron chi connectivity index (χ3n) is 2.62. The molecule has 1 atom stereocenters. The lowest BCUT2D eigenvalue weighted by Gasteiger charge is -2.07. The van der Waals surface area contributed by atoms with Crippen molar-refractivity contribution in [2.24, 2.45) is 0 Å². The van der Waals surface area contributed by atoms with Gasteiger partial charge in [0.1, 0.15) is 16.8 Å². The highest BCUT2D eigenvalue weighted by Crippen LogP contribution is 2.20. The fraction of sp³-hybridized carbons (Fsp3) is 0.615. The quantitative estimate of drug-likeness (QED) is 0.683. The Bertz CT molecular complexity index is 447. The summed E-state index contributed by atoms with van der Waals surface area (Å²) in [6, 6.07) is 0. The maximum Gasteiger partial charge on any atom is 0.303 e. The average molecular weight is 300 g/mol. The van der Waals surface area contributed by atoms with Crippen molar-refractivity contribution < 1.29 is 19.4 Å². The van der Waals surface area contributed by atoms with Crippen molar-refractivity contribution in [1.29, 1.82) is 0 Å². The van der Waals surface area contributed by atoms with Gasteiger partial charge in [-0.1, -0.05) is 0 Å². The molecule has 1 aromatic heterocycles. The first kappa shape index (κ1) is 16.6. The Morgan fingerprint density at radius 1 is 1.50 bits per heavy atom. The number of aromatic nitrogens is 1. The largest absolute Gasteiger partial charge is 0.481 e. The van der Waals surface area contributed by atoms with Crippen LogP contribution < -0.4 is 5.32 Å². The van der Waals surface area contributed by atoms with Crippen LogP contribution in [0.15, 0.2) is 5.38 Å². The van der Waals surface area contributed by atoms with E-state index in [4.69, 9.17) is 9.84 Å². The van der Waals surface area contributed by atoms with Crippen LogP contribution in [0.2, 0.25) is 0 Å². The lowest BCUT2D eigenvalue weighted by Crippen LogP contribution is -2.24. The van der Waals surface area contributed by atoms with Gasteiger partial charge < -0.3 is 15.2 Å². The molecule has 20 heavy (non-hydrogen) atoms. The molecule has 1 aromatic rings. The van der Waals surface area contributed by atoms with E-state index in [9.17, 15) is 9.59 Å². The lowest BCUT2D eigenvalue weighted by atomic mass is 10.2. The molecule has 0 aromatic carbocycles. The summed E-state index contributed by atoms with van der Waals surface area (Å²) in [6.45, 7) is 4.87. The van der Waals surface area contributed by atoms with Crippen molar-refractivity contribution in [2.75, 3.05) is 13.2 Å². The Morgan fingerprint density at radius 2 is 2.25 bits per heavy atom. The number of ether oxygens (including phenoxy) is 1. The van der Waals surface area contributed by atoms with Gasteiger partial charge in [-0.2, -0.15) is 0 Å². The lowest BCUT2D eigenvalue weighted by molar-refractivity contribution is -0.137. The normalized spacial score (nSPS) is 12.1. The van der Waals surface area contributed by atoms with Gasteiger partial charge in [0, 0.05) is 25.0 Å². The molecule has 2 N–H and O–H groups in total. The maximum absolute atomic E-state index is 11.8. The second-order valence-electron chi connectivity index (χ2n) is 4.28. The molecule has 0 aliphatic rings. The van der Waals surface area contributed by atoms with Gasteiger partial charge in [0.05, 0.1) is 0 Å². The summed E-state index contributed by atoms with van der Waals surface area (Å²) in [4.78, 5) is 26.4. The number of thiazole rings is 1. The summed E-state index contributed by atoms with van der Waals surface area (Å²) in [6.07, 6.45) is 1.22. The van der Waals surface area contributed by atoms with E-state index >= 15 is 0 Å². The smallest absolute Gasteiger partial charge is 0.303 e. The summed E-state index contributed by atoms with van der Waals surface area (Å²) in [5, 5.41) is 13.7. The van der Waals surface area contributed by atoms with Crippen molar-refractivity contribution in [3.63, 3.8) is 0 Å². The van der Waals surface area contributed by atoms with Crippen LogP contribution in [0, 0.1) is 0 Å². The molecule has 1 heterocycles. The third-order valence-corrected chi connectivity index (χ3v) is 3.63. The van der Waals surface area contributed by atoms with E-state index in [0.717, 1.165) is 5.01 Å². The summed E-state index contributed by atoms with van der Waals surface area (Å²) >= 11 is 1.40. The van der Waals surface area contributed by atoms with Gasteiger partial charge in [0.15, 0.2) is 0 Å². The number of aliphatic carboxylic acids is 1. The molecule has 1 amide bonds. The minimum atomic E-state index is -0.814. The maximum atomic E-state index is 11.8. The minimum absolute atomic E-state index is 0.109. The fourth-order valence-corrected chi connectivity index (χ4v) is 2.40. The van der Waals surface area contributed by atoms with Crippen LogP contribution >= 0.6 is 11.3 Å². The Morgan fingerprint density at radius 3 is 2.90 bits per heavy atom. The van der Waals surface area contributed by atoms with E-state index < -0.39 is 5.97 Å². The molecular weight excluding hydrogens is 280 g/mol. The zero-order chi connectivity index (χ0) is 15.0. The zero-order valence-electron chi connectivity index (χ0n) is 11.7. The van der Waals surface area contributed by atoms with Crippen LogP contribution in [-0.2, 0) is 9.53 Å². The van der Waals surface area contributed by atoms with Gasteiger partial charge in [-0.25, -0.2) is 4.98 Å². The van der Waals surface area contributed by atoms with Crippen LogP contribution in [-0.4, -0.2) is 35.1 Å². The Labute approximate surface area is 122 Å².